The second-order valence-electron chi connectivity index (χ2n) is 5.11. The van der Waals surface area contributed by atoms with Crippen LogP contribution in [0.25, 0.3) is 0 Å². The number of hydrogen-bond donors (Lipinski definition) is 2. The summed E-state index contributed by atoms with van der Waals surface area (Å²) in [5.41, 5.74) is 2.30. The Labute approximate surface area is 121 Å². The average molecular weight is 279 g/mol. The molecule has 1 aromatic rings. The number of aromatic carboxylic acids is 1. The zero-order valence-corrected chi connectivity index (χ0v) is 13.0. The molecule has 112 valence electrons. The minimum atomic E-state index is -0.937. The van der Waals surface area contributed by atoms with E-state index in [2.05, 4.69) is 36.0 Å². The van der Waals surface area contributed by atoms with Gasteiger partial charge in [0.05, 0.1) is 11.4 Å². The highest BCUT2D eigenvalue weighted by Crippen LogP contribution is 2.20. The van der Waals surface area contributed by atoms with E-state index in [1.54, 1.807) is 13.0 Å². The molecule has 0 amide bonds. The monoisotopic (exact) mass is 279 g/mol. The smallest absolute Gasteiger partial charge is 0.339 e. The van der Waals surface area contributed by atoms with Gasteiger partial charge in [-0.25, -0.2) is 4.79 Å². The zero-order valence-electron chi connectivity index (χ0n) is 13.0. The molecule has 0 spiro atoms. The number of aryl methyl sites for hydroxylation is 2. The van der Waals surface area contributed by atoms with Crippen LogP contribution in [0.2, 0.25) is 0 Å². The summed E-state index contributed by atoms with van der Waals surface area (Å²) in [4.78, 5) is 17.9. The Balaban J connectivity index is 2.93. The summed E-state index contributed by atoms with van der Waals surface area (Å²) in [6, 6.07) is 1.98. The number of anilines is 1. The van der Waals surface area contributed by atoms with Crippen LogP contribution >= 0.6 is 0 Å². The van der Waals surface area contributed by atoms with Crippen LogP contribution in [0.15, 0.2) is 6.07 Å². The van der Waals surface area contributed by atoms with Crippen molar-refractivity contribution in [2.75, 3.05) is 25.0 Å². The zero-order chi connectivity index (χ0) is 15.3. The maximum atomic E-state index is 11.4. The third kappa shape index (κ3) is 4.20. The van der Waals surface area contributed by atoms with Gasteiger partial charge >= 0.3 is 5.97 Å². The second-order valence-corrected chi connectivity index (χ2v) is 5.11. The summed E-state index contributed by atoms with van der Waals surface area (Å²) in [6.45, 7) is 12.8. The van der Waals surface area contributed by atoms with Crippen molar-refractivity contribution in [1.29, 1.82) is 0 Å². The fourth-order valence-electron chi connectivity index (χ4n) is 2.39. The molecule has 5 heteroatoms. The van der Waals surface area contributed by atoms with Crippen LogP contribution in [0.1, 0.15) is 42.5 Å². The van der Waals surface area contributed by atoms with Gasteiger partial charge in [0.1, 0.15) is 5.56 Å². The Morgan fingerprint density at radius 2 is 2.00 bits per heavy atom. The maximum Gasteiger partial charge on any atom is 0.339 e. The highest BCUT2D eigenvalue weighted by Gasteiger charge is 2.17. The van der Waals surface area contributed by atoms with Gasteiger partial charge in [-0.05, 0) is 39.9 Å². The first-order chi connectivity index (χ1) is 9.38. The van der Waals surface area contributed by atoms with E-state index in [4.69, 9.17) is 0 Å². The summed E-state index contributed by atoms with van der Waals surface area (Å²) in [7, 11) is 0. The predicted molar refractivity (Wildman–Crippen MR) is 81.5 cm³/mol. The number of carbonyl (C=O) groups is 1. The molecule has 0 aliphatic heterocycles. The predicted octanol–water partition coefficient (Wildman–Crippen LogP) is 2.54. The van der Waals surface area contributed by atoms with Crippen molar-refractivity contribution >= 4 is 11.7 Å². The largest absolute Gasteiger partial charge is 0.478 e. The first kappa shape index (κ1) is 16.4. The van der Waals surface area contributed by atoms with Crippen molar-refractivity contribution in [3.05, 3.63) is 23.0 Å². The average Bonchev–Trinajstić information content (AvgIpc) is 2.34. The molecule has 0 saturated carbocycles. The highest BCUT2D eigenvalue weighted by atomic mass is 16.4. The lowest BCUT2D eigenvalue weighted by Gasteiger charge is -2.25. The van der Waals surface area contributed by atoms with Gasteiger partial charge in [-0.15, -0.1) is 0 Å². The molecule has 5 nitrogen and oxygen atoms in total. The molecule has 1 atom stereocenters. The van der Waals surface area contributed by atoms with Crippen molar-refractivity contribution in [3.8, 4) is 0 Å². The van der Waals surface area contributed by atoms with E-state index in [0.29, 0.717) is 11.4 Å². The summed E-state index contributed by atoms with van der Waals surface area (Å²) >= 11 is 0. The molecule has 2 N–H and O–H groups in total. The van der Waals surface area contributed by atoms with E-state index < -0.39 is 5.97 Å². The number of hydrogen-bond acceptors (Lipinski definition) is 4. The lowest BCUT2D eigenvalue weighted by molar-refractivity contribution is 0.0696. The molecule has 0 aliphatic rings. The minimum absolute atomic E-state index is 0.175. The van der Waals surface area contributed by atoms with Gasteiger partial charge in [-0.2, -0.15) is 0 Å². The number of carboxylic acids is 1. The van der Waals surface area contributed by atoms with Crippen molar-refractivity contribution in [1.82, 2.24) is 9.88 Å². The number of nitrogens with one attached hydrogen (secondary N) is 1. The third-order valence-electron chi connectivity index (χ3n) is 3.37. The number of pyridine rings is 1. The van der Waals surface area contributed by atoms with Gasteiger partial charge in [0.25, 0.3) is 0 Å². The lowest BCUT2D eigenvalue weighted by atomic mass is 10.1. The number of carboxylic acid groups (broad SMARTS) is 1. The molecule has 1 aromatic heterocycles. The van der Waals surface area contributed by atoms with Crippen molar-refractivity contribution in [2.24, 2.45) is 0 Å². The first-order valence-electron chi connectivity index (χ1n) is 7.09. The van der Waals surface area contributed by atoms with Crippen LogP contribution in [-0.2, 0) is 0 Å². The third-order valence-corrected chi connectivity index (χ3v) is 3.37. The SMILES string of the molecule is CCN(CC)CC(C)Nc1cc(C)nc(C)c1C(=O)O. The van der Waals surface area contributed by atoms with Crippen LogP contribution in [0.5, 0.6) is 0 Å². The fraction of sp³-hybridized carbons (Fsp3) is 0.600. The van der Waals surface area contributed by atoms with Crippen LogP contribution in [0.4, 0.5) is 5.69 Å². The maximum absolute atomic E-state index is 11.4. The van der Waals surface area contributed by atoms with E-state index in [1.807, 2.05) is 6.92 Å². The summed E-state index contributed by atoms with van der Waals surface area (Å²) in [5.74, 6) is -0.937. The quantitative estimate of drug-likeness (QED) is 0.803. The standard InChI is InChI=1S/C15H25N3O2/c1-6-18(7-2)9-11(4)17-13-8-10(3)16-12(5)14(13)15(19)20/h8,11H,6-7,9H2,1-5H3,(H,16,17)(H,19,20). The van der Waals surface area contributed by atoms with E-state index in [9.17, 15) is 9.90 Å². The number of aromatic nitrogens is 1. The highest BCUT2D eigenvalue weighted by molar-refractivity contribution is 5.95. The van der Waals surface area contributed by atoms with Crippen LogP contribution in [0, 0.1) is 13.8 Å². The van der Waals surface area contributed by atoms with Gasteiger partial charge in [0.2, 0.25) is 0 Å². The molecule has 0 radical (unpaired) electrons. The molecule has 0 fully saturated rings. The Bertz CT molecular complexity index is 470. The molecule has 1 heterocycles. The number of rotatable bonds is 7. The van der Waals surface area contributed by atoms with E-state index in [0.717, 1.165) is 25.3 Å². The second kappa shape index (κ2) is 7.24. The van der Waals surface area contributed by atoms with Gasteiger partial charge in [-0.3, -0.25) is 4.98 Å². The molecule has 0 bridgehead atoms. The van der Waals surface area contributed by atoms with E-state index in [1.165, 1.54) is 0 Å². The topological polar surface area (TPSA) is 65.5 Å². The summed E-state index contributed by atoms with van der Waals surface area (Å²) in [6.07, 6.45) is 0. The van der Waals surface area contributed by atoms with Crippen LogP contribution in [0.3, 0.4) is 0 Å². The molecular formula is C15H25N3O2. The number of likely N-dealkylation sites (N-methyl/N-ethyl adjacent to an activating group) is 1. The van der Waals surface area contributed by atoms with Gasteiger partial charge in [0, 0.05) is 18.3 Å². The Morgan fingerprint density at radius 1 is 1.40 bits per heavy atom. The van der Waals surface area contributed by atoms with Crippen molar-refractivity contribution in [2.45, 2.75) is 40.7 Å². The van der Waals surface area contributed by atoms with Gasteiger partial charge in [-0.1, -0.05) is 13.8 Å². The molecule has 0 saturated heterocycles. The van der Waals surface area contributed by atoms with Crippen LogP contribution in [-0.4, -0.2) is 46.6 Å². The fourth-order valence-corrected chi connectivity index (χ4v) is 2.39. The molecule has 1 unspecified atom stereocenters. The Morgan fingerprint density at radius 3 is 2.50 bits per heavy atom. The molecule has 0 aliphatic carbocycles. The molecule has 20 heavy (non-hydrogen) atoms. The van der Waals surface area contributed by atoms with E-state index in [-0.39, 0.29) is 11.6 Å². The van der Waals surface area contributed by atoms with Crippen molar-refractivity contribution < 1.29 is 9.90 Å². The van der Waals surface area contributed by atoms with Crippen molar-refractivity contribution in [3.63, 3.8) is 0 Å². The van der Waals surface area contributed by atoms with Gasteiger partial charge in [0.15, 0.2) is 0 Å². The van der Waals surface area contributed by atoms with Crippen LogP contribution < -0.4 is 5.32 Å². The summed E-state index contributed by atoms with van der Waals surface area (Å²) in [5, 5.41) is 12.6. The minimum Gasteiger partial charge on any atom is -0.478 e. The Kier molecular flexibility index (Phi) is 5.95. The van der Waals surface area contributed by atoms with Gasteiger partial charge < -0.3 is 15.3 Å². The lowest BCUT2D eigenvalue weighted by Crippen LogP contribution is -2.35. The number of nitrogens with zero attached hydrogens (tertiary/aromatic N) is 2. The Hall–Kier alpha value is -1.62. The molecular weight excluding hydrogens is 254 g/mol. The first-order valence-corrected chi connectivity index (χ1v) is 7.09. The molecule has 0 aromatic carbocycles. The summed E-state index contributed by atoms with van der Waals surface area (Å²) < 4.78 is 0. The molecule has 1 rings (SSSR count). The van der Waals surface area contributed by atoms with E-state index >= 15 is 0 Å². The normalized spacial score (nSPS) is 12.5.